The number of ether oxygens (including phenoxy) is 4. The van der Waals surface area contributed by atoms with Gasteiger partial charge in [-0.1, -0.05) is 29.8 Å². The second-order valence-electron chi connectivity index (χ2n) is 8.27. The fourth-order valence-electron chi connectivity index (χ4n) is 4.26. The number of esters is 1. The molecular weight excluding hydrogens is 434 g/mol. The van der Waals surface area contributed by atoms with E-state index in [0.29, 0.717) is 49.3 Å². The van der Waals surface area contributed by atoms with Gasteiger partial charge in [0.25, 0.3) is 0 Å². The first kappa shape index (κ1) is 25.1. The van der Waals surface area contributed by atoms with Gasteiger partial charge < -0.3 is 24.3 Å². The molecule has 0 aromatic heterocycles. The highest BCUT2D eigenvalue weighted by Crippen LogP contribution is 2.42. The number of nitrogens with one attached hydrogen (secondary N) is 1. The van der Waals surface area contributed by atoms with Crippen LogP contribution in [0.3, 0.4) is 0 Å². The number of carbonyl (C=O) groups excluding carboxylic acids is 2. The van der Waals surface area contributed by atoms with Crippen LogP contribution in [-0.2, 0) is 29.0 Å². The van der Waals surface area contributed by atoms with Crippen LogP contribution in [0.2, 0.25) is 0 Å². The van der Waals surface area contributed by atoms with E-state index in [0.717, 1.165) is 33.6 Å². The molecule has 7 nitrogen and oxygen atoms in total. The van der Waals surface area contributed by atoms with Crippen LogP contribution in [0.5, 0.6) is 17.2 Å². The van der Waals surface area contributed by atoms with Crippen LogP contribution in [0.25, 0.3) is 0 Å². The summed E-state index contributed by atoms with van der Waals surface area (Å²) in [4.78, 5) is 24.6. The third-order valence-corrected chi connectivity index (χ3v) is 6.14. The van der Waals surface area contributed by atoms with Gasteiger partial charge in [0.1, 0.15) is 29.4 Å². The largest absolute Gasteiger partial charge is 0.496 e. The fraction of sp³-hybridized carbons (Fsp3) is 0.407. The number of fused-ring (bicyclic) bond motifs is 1. The summed E-state index contributed by atoms with van der Waals surface area (Å²) < 4.78 is 21.8. The normalized spacial score (nSPS) is 12.7. The third kappa shape index (κ3) is 5.53. The van der Waals surface area contributed by atoms with Gasteiger partial charge >= 0.3 is 5.97 Å². The number of amides is 1. The molecule has 2 aromatic rings. The molecule has 0 atom stereocenters. The van der Waals surface area contributed by atoms with Crippen molar-refractivity contribution in [3.05, 3.63) is 63.7 Å². The molecular formula is C27H33NO6. The van der Waals surface area contributed by atoms with E-state index in [1.165, 1.54) is 0 Å². The van der Waals surface area contributed by atoms with Crippen molar-refractivity contribution in [2.75, 3.05) is 27.9 Å². The number of rotatable bonds is 11. The topological polar surface area (TPSA) is 83.1 Å². The van der Waals surface area contributed by atoms with Crippen LogP contribution >= 0.6 is 0 Å². The van der Waals surface area contributed by atoms with Crippen molar-refractivity contribution in [3.63, 3.8) is 0 Å². The molecule has 0 spiro atoms. The van der Waals surface area contributed by atoms with Crippen LogP contribution in [-0.4, -0.2) is 39.8 Å². The fourth-order valence-corrected chi connectivity index (χ4v) is 4.26. The molecule has 182 valence electrons. The molecule has 1 N–H and O–H groups in total. The van der Waals surface area contributed by atoms with E-state index >= 15 is 0 Å². The zero-order chi connectivity index (χ0) is 24.7. The predicted molar refractivity (Wildman–Crippen MR) is 130 cm³/mol. The average Bonchev–Trinajstić information content (AvgIpc) is 3.23. The summed E-state index contributed by atoms with van der Waals surface area (Å²) in [5, 5.41) is 2.98. The van der Waals surface area contributed by atoms with Crippen molar-refractivity contribution >= 4 is 11.9 Å². The lowest BCUT2D eigenvalue weighted by atomic mass is 9.94. The zero-order valence-corrected chi connectivity index (χ0v) is 20.6. The Morgan fingerprint density at radius 2 is 1.82 bits per heavy atom. The van der Waals surface area contributed by atoms with Crippen molar-refractivity contribution in [1.82, 2.24) is 5.32 Å². The van der Waals surface area contributed by atoms with E-state index in [2.05, 4.69) is 11.4 Å². The third-order valence-electron chi connectivity index (χ3n) is 6.14. The summed E-state index contributed by atoms with van der Waals surface area (Å²) in [5.74, 6) is 1.67. The molecule has 1 amide bonds. The van der Waals surface area contributed by atoms with Crippen LogP contribution < -0.4 is 19.5 Å². The first-order valence-corrected chi connectivity index (χ1v) is 11.4. The smallest absolute Gasteiger partial charge is 0.342 e. The van der Waals surface area contributed by atoms with Gasteiger partial charge in [0.15, 0.2) is 0 Å². The van der Waals surface area contributed by atoms with Crippen molar-refractivity contribution < 1.29 is 28.5 Å². The highest BCUT2D eigenvalue weighted by atomic mass is 16.5. The summed E-state index contributed by atoms with van der Waals surface area (Å²) in [6.07, 6.45) is 4.32. The Bertz CT molecular complexity index is 1090. The standard InChI is InChI=1S/C27H33NO6/c1-17(11-13-23(29)28-15-14-19-8-6-7-9-22(19)31-3)10-12-20-25(32-4)18(2)21-16-34-27(30)24(21)26(20)33-5/h6-10H,11-16H2,1-5H3,(H,28,29)/b17-10+. The molecule has 0 bridgehead atoms. The van der Waals surface area contributed by atoms with E-state index < -0.39 is 0 Å². The Balaban J connectivity index is 1.59. The quantitative estimate of drug-likeness (QED) is 0.392. The summed E-state index contributed by atoms with van der Waals surface area (Å²) in [6.45, 7) is 4.71. The molecule has 0 saturated heterocycles. The molecule has 1 heterocycles. The molecule has 3 rings (SSSR count). The molecule has 0 fully saturated rings. The van der Waals surface area contributed by atoms with Gasteiger partial charge in [0, 0.05) is 24.1 Å². The van der Waals surface area contributed by atoms with Gasteiger partial charge in [-0.2, -0.15) is 0 Å². The minimum Gasteiger partial charge on any atom is -0.496 e. The van der Waals surface area contributed by atoms with Gasteiger partial charge in [0.05, 0.1) is 21.3 Å². The molecule has 34 heavy (non-hydrogen) atoms. The number of hydrogen-bond donors (Lipinski definition) is 1. The Hall–Kier alpha value is -3.48. The lowest BCUT2D eigenvalue weighted by Gasteiger charge is -2.18. The van der Waals surface area contributed by atoms with Gasteiger partial charge in [-0.05, 0) is 50.3 Å². The summed E-state index contributed by atoms with van der Waals surface area (Å²) in [6, 6.07) is 7.81. The molecule has 0 saturated carbocycles. The summed E-state index contributed by atoms with van der Waals surface area (Å²) >= 11 is 0. The van der Waals surface area contributed by atoms with Crippen molar-refractivity contribution in [2.45, 2.75) is 46.1 Å². The van der Waals surface area contributed by atoms with Crippen molar-refractivity contribution in [3.8, 4) is 17.2 Å². The number of carbonyl (C=O) groups is 2. The van der Waals surface area contributed by atoms with Gasteiger partial charge in [-0.3, -0.25) is 4.79 Å². The second kappa shape index (κ2) is 11.6. The zero-order valence-electron chi connectivity index (χ0n) is 20.6. The molecule has 0 aliphatic carbocycles. The first-order chi connectivity index (χ1) is 16.4. The molecule has 7 heteroatoms. The lowest BCUT2D eigenvalue weighted by Crippen LogP contribution is -2.25. The van der Waals surface area contributed by atoms with E-state index in [-0.39, 0.29) is 18.5 Å². The molecule has 0 unspecified atom stereocenters. The maximum Gasteiger partial charge on any atom is 0.342 e. The number of para-hydroxylation sites is 1. The summed E-state index contributed by atoms with van der Waals surface area (Å²) in [5.41, 5.74) is 5.13. The number of benzene rings is 2. The maximum atomic E-state index is 12.3. The Morgan fingerprint density at radius 1 is 1.09 bits per heavy atom. The molecule has 1 aliphatic heterocycles. The van der Waals surface area contributed by atoms with Crippen LogP contribution in [0, 0.1) is 6.92 Å². The molecule has 2 aromatic carbocycles. The number of methoxy groups -OCH3 is 3. The summed E-state index contributed by atoms with van der Waals surface area (Å²) in [7, 11) is 4.81. The highest BCUT2D eigenvalue weighted by molar-refractivity contribution is 5.98. The Kier molecular flexibility index (Phi) is 8.57. The van der Waals surface area contributed by atoms with E-state index in [4.69, 9.17) is 18.9 Å². The van der Waals surface area contributed by atoms with E-state index in [9.17, 15) is 9.59 Å². The number of allylic oxidation sites excluding steroid dienone is 2. The first-order valence-electron chi connectivity index (χ1n) is 11.4. The highest BCUT2D eigenvalue weighted by Gasteiger charge is 2.32. The SMILES string of the molecule is COc1ccccc1CCNC(=O)CC/C(C)=C/Cc1c(OC)c(C)c2c(c1OC)C(=O)OC2. The Labute approximate surface area is 201 Å². The Morgan fingerprint density at radius 3 is 2.53 bits per heavy atom. The number of cyclic esters (lactones) is 1. The van der Waals surface area contributed by atoms with Crippen LogP contribution in [0.15, 0.2) is 35.9 Å². The van der Waals surface area contributed by atoms with Crippen LogP contribution in [0.4, 0.5) is 0 Å². The minimum atomic E-state index is -0.371. The molecule has 1 aliphatic rings. The molecule has 0 radical (unpaired) electrons. The average molecular weight is 468 g/mol. The van der Waals surface area contributed by atoms with Crippen molar-refractivity contribution in [1.29, 1.82) is 0 Å². The van der Waals surface area contributed by atoms with E-state index in [1.54, 1.807) is 21.3 Å². The van der Waals surface area contributed by atoms with E-state index in [1.807, 2.05) is 38.1 Å². The maximum absolute atomic E-state index is 12.3. The minimum absolute atomic E-state index is 0.00827. The van der Waals surface area contributed by atoms with Crippen molar-refractivity contribution in [2.24, 2.45) is 0 Å². The monoisotopic (exact) mass is 467 g/mol. The van der Waals surface area contributed by atoms with Gasteiger partial charge in [0.2, 0.25) is 5.91 Å². The second-order valence-corrected chi connectivity index (χ2v) is 8.27. The van der Waals surface area contributed by atoms with Crippen LogP contribution in [0.1, 0.15) is 52.4 Å². The predicted octanol–water partition coefficient (Wildman–Crippen LogP) is 4.32. The van der Waals surface area contributed by atoms with Gasteiger partial charge in [-0.25, -0.2) is 4.79 Å². The number of hydrogen-bond acceptors (Lipinski definition) is 6. The lowest BCUT2D eigenvalue weighted by molar-refractivity contribution is -0.121. The van der Waals surface area contributed by atoms with Gasteiger partial charge in [-0.15, -0.1) is 0 Å².